The van der Waals surface area contributed by atoms with Gasteiger partial charge in [-0.25, -0.2) is 4.79 Å². The van der Waals surface area contributed by atoms with Crippen molar-refractivity contribution in [2.45, 2.75) is 12.3 Å². The highest BCUT2D eigenvalue weighted by molar-refractivity contribution is 5.70. The standard InChI is InChI=1S/C10H9NO4/c12-10(13)9-11(14)8(6-15-9)7-4-2-1-3-5-7/h1-5,8-9H,6H2/p+1/t8-,9?/m1/s1. The number of nitrogens with zero attached hydrogens (tertiary/aromatic N) is 1. The summed E-state index contributed by atoms with van der Waals surface area (Å²) in [6.07, 6.45) is -1.38. The molecule has 1 aromatic rings. The number of carboxylic acids is 1. The molecule has 1 N–H and O–H groups in total. The lowest BCUT2D eigenvalue weighted by Gasteiger charge is -1.99. The first-order valence-corrected chi connectivity index (χ1v) is 4.55. The Balaban J connectivity index is 2.21. The molecule has 1 unspecified atom stereocenters. The number of rotatable bonds is 2. The second-order valence-electron chi connectivity index (χ2n) is 3.31. The first kappa shape index (κ1) is 9.79. The summed E-state index contributed by atoms with van der Waals surface area (Å²) < 4.78 is 5.39. The smallest absolute Gasteiger partial charge is 0.408 e. The van der Waals surface area contributed by atoms with Gasteiger partial charge in [0, 0.05) is 15.2 Å². The maximum atomic E-state index is 11.6. The summed E-state index contributed by atoms with van der Waals surface area (Å²) in [6.45, 7) is 0.116. The molecule has 1 aromatic carbocycles. The summed E-state index contributed by atoms with van der Waals surface area (Å²) in [5.74, 6) is -1.25. The fourth-order valence-corrected chi connectivity index (χ4v) is 1.59. The van der Waals surface area contributed by atoms with Gasteiger partial charge in [0.05, 0.1) is 0 Å². The van der Waals surface area contributed by atoms with Gasteiger partial charge in [-0.3, -0.25) is 0 Å². The molecule has 1 aliphatic rings. The van der Waals surface area contributed by atoms with Crippen LogP contribution in [0.15, 0.2) is 30.3 Å². The van der Waals surface area contributed by atoms with E-state index in [1.807, 2.05) is 6.07 Å². The number of carboxylic acid groups (broad SMARTS) is 1. The van der Waals surface area contributed by atoms with Gasteiger partial charge in [0.1, 0.15) is 6.61 Å². The van der Waals surface area contributed by atoms with Crippen molar-refractivity contribution < 1.29 is 19.4 Å². The Morgan fingerprint density at radius 3 is 2.60 bits per heavy atom. The molecule has 2 atom stereocenters. The van der Waals surface area contributed by atoms with Crippen molar-refractivity contribution in [3.05, 3.63) is 40.8 Å². The number of ether oxygens (including phenoxy) is 1. The molecule has 1 heterocycles. The van der Waals surface area contributed by atoms with Crippen LogP contribution in [0, 0.1) is 4.91 Å². The number of benzene rings is 1. The Morgan fingerprint density at radius 2 is 2.07 bits per heavy atom. The summed E-state index contributed by atoms with van der Waals surface area (Å²) in [7, 11) is 0. The van der Waals surface area contributed by atoms with Crippen LogP contribution in [0.25, 0.3) is 0 Å². The Hall–Kier alpha value is -1.75. The molecule has 1 fully saturated rings. The van der Waals surface area contributed by atoms with E-state index in [0.717, 1.165) is 5.56 Å². The van der Waals surface area contributed by atoms with E-state index in [1.165, 1.54) is 0 Å². The first-order valence-electron chi connectivity index (χ1n) is 4.55. The molecule has 1 saturated heterocycles. The molecule has 78 valence electrons. The highest BCUT2D eigenvalue weighted by atomic mass is 16.6. The van der Waals surface area contributed by atoms with Crippen LogP contribution >= 0.6 is 0 Å². The molecule has 0 saturated carbocycles. The quantitative estimate of drug-likeness (QED) is 0.735. The van der Waals surface area contributed by atoms with E-state index < -0.39 is 18.2 Å². The zero-order valence-corrected chi connectivity index (χ0v) is 7.87. The van der Waals surface area contributed by atoms with Crippen molar-refractivity contribution in [1.29, 1.82) is 0 Å². The molecule has 1 aliphatic heterocycles. The van der Waals surface area contributed by atoms with E-state index in [-0.39, 0.29) is 6.61 Å². The minimum Gasteiger partial charge on any atom is -0.474 e. The van der Waals surface area contributed by atoms with Crippen LogP contribution in [0.3, 0.4) is 0 Å². The van der Waals surface area contributed by atoms with Crippen LogP contribution in [0.5, 0.6) is 0 Å². The van der Waals surface area contributed by atoms with Crippen LogP contribution in [-0.4, -0.2) is 28.7 Å². The second-order valence-corrected chi connectivity index (χ2v) is 3.31. The van der Waals surface area contributed by atoms with Crippen LogP contribution in [0.4, 0.5) is 0 Å². The van der Waals surface area contributed by atoms with Gasteiger partial charge in [0.25, 0.3) is 6.04 Å². The van der Waals surface area contributed by atoms with E-state index in [0.29, 0.717) is 4.76 Å². The Bertz CT molecular complexity index is 390. The zero-order chi connectivity index (χ0) is 10.8. The van der Waals surface area contributed by atoms with Gasteiger partial charge in [-0.05, 0) is 0 Å². The summed E-state index contributed by atoms with van der Waals surface area (Å²) >= 11 is 0. The van der Waals surface area contributed by atoms with Gasteiger partial charge in [-0.1, -0.05) is 30.3 Å². The largest absolute Gasteiger partial charge is 0.474 e. The van der Waals surface area contributed by atoms with E-state index in [1.54, 1.807) is 24.3 Å². The highest BCUT2D eigenvalue weighted by Crippen LogP contribution is 2.25. The summed E-state index contributed by atoms with van der Waals surface area (Å²) in [5.41, 5.74) is 0.774. The minimum atomic E-state index is -1.38. The van der Waals surface area contributed by atoms with Crippen molar-refractivity contribution in [1.82, 2.24) is 0 Å². The van der Waals surface area contributed by atoms with Crippen molar-refractivity contribution in [2.75, 3.05) is 6.61 Å². The second kappa shape index (κ2) is 3.78. The van der Waals surface area contributed by atoms with Crippen molar-refractivity contribution in [2.24, 2.45) is 0 Å². The lowest BCUT2D eigenvalue weighted by atomic mass is 10.1. The molecular weight excluding hydrogens is 198 g/mol. The monoisotopic (exact) mass is 208 g/mol. The topological polar surface area (TPSA) is 66.6 Å². The van der Waals surface area contributed by atoms with E-state index >= 15 is 0 Å². The first-order chi connectivity index (χ1) is 7.20. The van der Waals surface area contributed by atoms with Crippen LogP contribution < -0.4 is 0 Å². The molecule has 0 radical (unpaired) electrons. The number of hydrogen-bond acceptors (Lipinski definition) is 3. The molecule has 0 bridgehead atoms. The van der Waals surface area contributed by atoms with E-state index in [2.05, 4.69) is 0 Å². The van der Waals surface area contributed by atoms with Gasteiger partial charge in [0.15, 0.2) is 0 Å². The normalized spacial score (nSPS) is 25.5. The minimum absolute atomic E-state index is 0.116. The van der Waals surface area contributed by atoms with Gasteiger partial charge in [-0.15, -0.1) is 0 Å². The van der Waals surface area contributed by atoms with E-state index in [9.17, 15) is 9.70 Å². The van der Waals surface area contributed by atoms with Gasteiger partial charge in [-0.2, -0.15) is 0 Å². The SMILES string of the molecule is O=C(O)C1OC[C@H](c2ccccc2)[N+]1=O. The summed E-state index contributed by atoms with van der Waals surface area (Å²) in [6, 6.07) is 8.48. The molecule has 15 heavy (non-hydrogen) atoms. The molecule has 0 aliphatic carbocycles. The van der Waals surface area contributed by atoms with Crippen LogP contribution in [-0.2, 0) is 9.53 Å². The average Bonchev–Trinajstić information content (AvgIpc) is 2.61. The molecule has 0 spiro atoms. The Kier molecular flexibility index (Phi) is 2.47. The third-order valence-corrected chi connectivity index (χ3v) is 2.35. The average molecular weight is 208 g/mol. The summed E-state index contributed by atoms with van der Waals surface area (Å²) in [5, 5.41) is 8.68. The number of nitroso groups, excluding NO2 is 1. The van der Waals surface area contributed by atoms with Gasteiger partial charge >= 0.3 is 12.2 Å². The lowest BCUT2D eigenvalue weighted by molar-refractivity contribution is -0.610. The fraction of sp³-hybridized carbons (Fsp3) is 0.300. The molecule has 2 rings (SSSR count). The Morgan fingerprint density at radius 1 is 1.40 bits per heavy atom. The number of aliphatic carboxylic acids is 1. The molecule has 0 aromatic heterocycles. The fourth-order valence-electron chi connectivity index (χ4n) is 1.59. The van der Waals surface area contributed by atoms with Crippen molar-refractivity contribution >= 4 is 5.97 Å². The molecule has 5 nitrogen and oxygen atoms in total. The third-order valence-electron chi connectivity index (χ3n) is 2.35. The molecular formula is C10H10NO4+. The molecule has 0 amide bonds. The Labute approximate surface area is 85.9 Å². The van der Waals surface area contributed by atoms with Crippen molar-refractivity contribution in [3.63, 3.8) is 0 Å². The highest BCUT2D eigenvalue weighted by Gasteiger charge is 2.48. The predicted octanol–water partition coefficient (Wildman–Crippen LogP) is 0.948. The predicted molar refractivity (Wildman–Crippen MR) is 50.2 cm³/mol. The number of carbonyl (C=O) groups is 1. The maximum Gasteiger partial charge on any atom is 0.408 e. The number of hydrogen-bond donors (Lipinski definition) is 1. The third kappa shape index (κ3) is 1.73. The van der Waals surface area contributed by atoms with Crippen LogP contribution in [0.1, 0.15) is 11.6 Å². The molecule has 5 heteroatoms. The lowest BCUT2D eigenvalue weighted by Crippen LogP contribution is -2.28. The van der Waals surface area contributed by atoms with Gasteiger partial charge in [0.2, 0.25) is 0 Å². The van der Waals surface area contributed by atoms with E-state index in [4.69, 9.17) is 9.84 Å². The zero-order valence-electron chi connectivity index (χ0n) is 7.87. The van der Waals surface area contributed by atoms with Gasteiger partial charge < -0.3 is 9.84 Å². The maximum absolute atomic E-state index is 11.6. The van der Waals surface area contributed by atoms with Crippen molar-refractivity contribution in [3.8, 4) is 0 Å². The summed E-state index contributed by atoms with van der Waals surface area (Å²) in [4.78, 5) is 22.2. The van der Waals surface area contributed by atoms with Crippen LogP contribution in [0.2, 0.25) is 0 Å².